The van der Waals surface area contributed by atoms with E-state index >= 15 is 0 Å². The smallest absolute Gasteiger partial charge is 0.348 e. The Balaban J connectivity index is 2.32. The average Bonchev–Trinajstić information content (AvgIpc) is 2.40. The second kappa shape index (κ2) is 6.94. The van der Waals surface area contributed by atoms with Crippen LogP contribution in [0.4, 0.5) is 0 Å². The topological polar surface area (TPSA) is 99.1 Å². The second-order valence-corrected chi connectivity index (χ2v) is 6.94. The summed E-state index contributed by atoms with van der Waals surface area (Å²) < 4.78 is 16.1. The molecule has 1 N–H and O–H groups in total. The van der Waals surface area contributed by atoms with E-state index in [1.807, 2.05) is 0 Å². The second-order valence-electron chi connectivity index (χ2n) is 5.23. The number of cyclic esters (lactones) is 2. The van der Waals surface area contributed by atoms with Gasteiger partial charge >= 0.3 is 17.9 Å². The van der Waals surface area contributed by atoms with Crippen LogP contribution in [0.1, 0.15) is 19.4 Å². The first-order valence-electron chi connectivity index (χ1n) is 6.61. The molecule has 0 saturated carbocycles. The van der Waals surface area contributed by atoms with Crippen molar-refractivity contribution < 1.29 is 33.7 Å². The Labute approximate surface area is 153 Å². The number of esters is 2. The summed E-state index contributed by atoms with van der Waals surface area (Å²) in [6.45, 7) is 2.41. The van der Waals surface area contributed by atoms with Gasteiger partial charge in [-0.15, -0.1) is 0 Å². The van der Waals surface area contributed by atoms with E-state index in [-0.39, 0.29) is 11.3 Å². The fourth-order valence-electron chi connectivity index (χ4n) is 1.88. The number of ether oxygens (including phenoxy) is 3. The molecular weight excluding hydrogens is 452 g/mol. The molecule has 0 spiro atoms. The molecule has 0 atom stereocenters. The van der Waals surface area contributed by atoms with E-state index < -0.39 is 30.3 Å². The maximum absolute atomic E-state index is 11.9. The van der Waals surface area contributed by atoms with Gasteiger partial charge in [0.15, 0.2) is 6.61 Å². The molecule has 1 aliphatic rings. The van der Waals surface area contributed by atoms with Crippen LogP contribution in [0.25, 0.3) is 6.08 Å². The van der Waals surface area contributed by atoms with E-state index in [0.29, 0.717) is 14.5 Å². The van der Waals surface area contributed by atoms with Gasteiger partial charge < -0.3 is 19.3 Å². The van der Waals surface area contributed by atoms with Gasteiger partial charge in [-0.2, -0.15) is 0 Å². The number of carboxylic acids is 1. The Morgan fingerprint density at radius 2 is 1.71 bits per heavy atom. The SMILES string of the molecule is CC1(C)OC(=O)C(=Cc2cc(Br)c(OCC(=O)O)c(Br)c2)C(=O)O1. The first kappa shape index (κ1) is 18.5. The predicted octanol–water partition coefficient (Wildman–Crippen LogP) is 2.89. The van der Waals surface area contributed by atoms with Crippen LogP contribution >= 0.6 is 31.9 Å². The summed E-state index contributed by atoms with van der Waals surface area (Å²) in [5.41, 5.74) is 0.243. The number of carboxylic acid groups (broad SMARTS) is 1. The minimum Gasteiger partial charge on any atom is -0.480 e. The van der Waals surface area contributed by atoms with E-state index in [1.165, 1.54) is 19.9 Å². The highest BCUT2D eigenvalue weighted by Crippen LogP contribution is 2.36. The summed E-state index contributed by atoms with van der Waals surface area (Å²) in [5.74, 6) is -3.70. The van der Waals surface area contributed by atoms with Crippen LogP contribution in [0.3, 0.4) is 0 Å². The Kier molecular flexibility index (Phi) is 5.34. The molecule has 1 heterocycles. The lowest BCUT2D eigenvalue weighted by Crippen LogP contribution is -2.41. The van der Waals surface area contributed by atoms with Gasteiger partial charge in [-0.3, -0.25) is 0 Å². The number of rotatable bonds is 4. The monoisotopic (exact) mass is 462 g/mol. The van der Waals surface area contributed by atoms with Crippen LogP contribution in [0.15, 0.2) is 26.7 Å². The van der Waals surface area contributed by atoms with Crippen molar-refractivity contribution in [2.75, 3.05) is 6.61 Å². The number of carbonyl (C=O) groups excluding carboxylic acids is 2. The number of hydrogen-bond donors (Lipinski definition) is 1. The van der Waals surface area contributed by atoms with E-state index in [1.54, 1.807) is 12.1 Å². The maximum Gasteiger partial charge on any atom is 0.348 e. The van der Waals surface area contributed by atoms with Crippen molar-refractivity contribution in [1.82, 2.24) is 0 Å². The van der Waals surface area contributed by atoms with Crippen molar-refractivity contribution in [3.63, 3.8) is 0 Å². The molecule has 0 aliphatic carbocycles. The lowest BCUT2D eigenvalue weighted by atomic mass is 10.1. The van der Waals surface area contributed by atoms with Crippen molar-refractivity contribution in [3.8, 4) is 5.75 Å². The van der Waals surface area contributed by atoms with Crippen molar-refractivity contribution in [3.05, 3.63) is 32.2 Å². The van der Waals surface area contributed by atoms with Gasteiger partial charge in [0.2, 0.25) is 0 Å². The molecule has 128 valence electrons. The molecule has 1 aromatic carbocycles. The van der Waals surface area contributed by atoms with Gasteiger partial charge in [0, 0.05) is 13.8 Å². The molecule has 9 heteroatoms. The van der Waals surface area contributed by atoms with Crippen LogP contribution in [-0.2, 0) is 23.9 Å². The fraction of sp³-hybridized carbons (Fsp3) is 0.267. The molecular formula is C15H12Br2O7. The van der Waals surface area contributed by atoms with Gasteiger partial charge in [0.25, 0.3) is 5.79 Å². The molecule has 1 saturated heterocycles. The van der Waals surface area contributed by atoms with Gasteiger partial charge in [-0.25, -0.2) is 14.4 Å². The zero-order valence-electron chi connectivity index (χ0n) is 12.6. The standard InChI is InChI=1S/C15H12Br2O7/c1-15(2)23-13(20)8(14(21)24-15)3-7-4-9(16)12(10(17)5-7)22-6-11(18)19/h3-5H,6H2,1-2H3,(H,18,19). The molecule has 1 fully saturated rings. The maximum atomic E-state index is 11.9. The van der Waals surface area contributed by atoms with Crippen LogP contribution in [0.5, 0.6) is 5.75 Å². The van der Waals surface area contributed by atoms with Crippen LogP contribution in [-0.4, -0.2) is 35.4 Å². The Bertz CT molecular complexity index is 707. The van der Waals surface area contributed by atoms with E-state index in [0.717, 1.165) is 0 Å². The third-order valence-electron chi connectivity index (χ3n) is 2.79. The van der Waals surface area contributed by atoms with Crippen molar-refractivity contribution in [2.45, 2.75) is 19.6 Å². The highest BCUT2D eigenvalue weighted by atomic mass is 79.9. The molecule has 0 amide bonds. The van der Waals surface area contributed by atoms with Crippen LogP contribution in [0, 0.1) is 0 Å². The van der Waals surface area contributed by atoms with Crippen LogP contribution in [0.2, 0.25) is 0 Å². The van der Waals surface area contributed by atoms with Crippen molar-refractivity contribution >= 4 is 55.8 Å². The first-order valence-corrected chi connectivity index (χ1v) is 8.19. The summed E-state index contributed by atoms with van der Waals surface area (Å²) in [6.07, 6.45) is 1.32. The predicted molar refractivity (Wildman–Crippen MR) is 89.2 cm³/mol. The third-order valence-corrected chi connectivity index (χ3v) is 3.97. The zero-order chi connectivity index (χ0) is 18.1. The number of hydrogen-bond acceptors (Lipinski definition) is 6. The molecule has 1 aliphatic heterocycles. The number of carbonyl (C=O) groups is 3. The minimum absolute atomic E-state index is 0.243. The minimum atomic E-state index is -1.30. The normalized spacial score (nSPS) is 16.2. The summed E-state index contributed by atoms with van der Waals surface area (Å²) in [4.78, 5) is 34.5. The van der Waals surface area contributed by atoms with Gasteiger partial charge in [-0.05, 0) is 55.6 Å². The largest absolute Gasteiger partial charge is 0.480 e. The summed E-state index contributed by atoms with van der Waals surface area (Å²) in [7, 11) is 0. The molecule has 0 unspecified atom stereocenters. The summed E-state index contributed by atoms with van der Waals surface area (Å²) in [6, 6.07) is 3.13. The van der Waals surface area contributed by atoms with Crippen LogP contribution < -0.4 is 4.74 Å². The quantitative estimate of drug-likeness (QED) is 0.416. The Hall–Kier alpha value is -1.87. The van der Waals surface area contributed by atoms with Gasteiger partial charge in [0.1, 0.15) is 11.3 Å². The Morgan fingerprint density at radius 3 is 2.17 bits per heavy atom. The van der Waals surface area contributed by atoms with E-state index in [2.05, 4.69) is 31.9 Å². The number of aliphatic carboxylic acids is 1. The molecule has 0 aromatic heterocycles. The lowest BCUT2D eigenvalue weighted by Gasteiger charge is -2.29. The lowest BCUT2D eigenvalue weighted by molar-refractivity contribution is -0.222. The zero-order valence-corrected chi connectivity index (χ0v) is 15.8. The van der Waals surface area contributed by atoms with Crippen molar-refractivity contribution in [2.24, 2.45) is 0 Å². The molecule has 7 nitrogen and oxygen atoms in total. The Morgan fingerprint density at radius 1 is 1.21 bits per heavy atom. The average molecular weight is 464 g/mol. The molecule has 0 radical (unpaired) electrons. The summed E-state index contributed by atoms with van der Waals surface area (Å²) >= 11 is 6.50. The van der Waals surface area contributed by atoms with Crippen molar-refractivity contribution in [1.29, 1.82) is 0 Å². The molecule has 24 heavy (non-hydrogen) atoms. The molecule has 2 rings (SSSR count). The van der Waals surface area contributed by atoms with Gasteiger partial charge in [0.05, 0.1) is 8.95 Å². The van der Waals surface area contributed by atoms with E-state index in [4.69, 9.17) is 19.3 Å². The van der Waals surface area contributed by atoms with E-state index in [9.17, 15) is 14.4 Å². The van der Waals surface area contributed by atoms with Gasteiger partial charge in [-0.1, -0.05) is 0 Å². The first-order chi connectivity index (χ1) is 11.1. The third kappa shape index (κ3) is 4.35. The number of halogens is 2. The molecule has 1 aromatic rings. The number of benzene rings is 1. The molecule has 0 bridgehead atoms. The highest BCUT2D eigenvalue weighted by Gasteiger charge is 2.38. The fourth-order valence-corrected chi connectivity index (χ4v) is 3.33. The summed E-state index contributed by atoms with van der Waals surface area (Å²) in [5, 5.41) is 8.66. The highest BCUT2D eigenvalue weighted by molar-refractivity contribution is 9.11.